The van der Waals surface area contributed by atoms with Crippen molar-refractivity contribution in [2.45, 2.75) is 73.6 Å². The van der Waals surface area contributed by atoms with E-state index in [0.717, 1.165) is 28.9 Å². The van der Waals surface area contributed by atoms with Gasteiger partial charge in [0.15, 0.2) is 41.4 Å². The van der Waals surface area contributed by atoms with Crippen LogP contribution in [0.1, 0.15) is 18.7 Å². The fourth-order valence-corrected chi connectivity index (χ4v) is 12.9. The van der Waals surface area contributed by atoms with Gasteiger partial charge in [-0.1, -0.05) is 4.98 Å². The highest BCUT2D eigenvalue weighted by Gasteiger charge is 2.54. The molecule has 0 saturated carbocycles. The highest BCUT2D eigenvalue weighted by molar-refractivity contribution is 7.66. The van der Waals surface area contributed by atoms with Gasteiger partial charge in [0.1, 0.15) is 66.8 Å². The molecule has 0 spiro atoms. The highest BCUT2D eigenvalue weighted by Crippen LogP contribution is 2.68. The number of nitrogen functional groups attached to an aromatic ring is 2. The van der Waals surface area contributed by atoms with Crippen LogP contribution in [0.5, 0.6) is 0 Å². The summed E-state index contributed by atoms with van der Waals surface area (Å²) in [6.07, 6.45) is -15.5. The number of aliphatic hydroxyl groups excluding tert-OH is 4. The van der Waals surface area contributed by atoms with Gasteiger partial charge in [0.25, 0.3) is 17.1 Å². The average Bonchev–Trinajstić information content (AvgIpc) is 4.19. The maximum atomic E-state index is 13.7. The van der Waals surface area contributed by atoms with Gasteiger partial charge >= 0.3 is 36.9 Å². The molecule has 3 aliphatic heterocycles. The molecule has 0 aromatic carbocycles. The zero-order valence-electron chi connectivity index (χ0n) is 38.9. The standard InChI is InChI=1S/C33H45N15O24P4/c1-36-23-14-24(38-7-37-23)46(8-39-14)31-22(63-3)21(70-73(55,56)64-4-11-17(49)19(51)29(67-11)47-9-40-15-25(47)41-32(34)43-27(15)53)13(69-31)6-66-75(59,60)72-76(61,62)71-74(57,58)65-5-12-18(50)20(52)30(68-12)48-10-45(2)16-26(48)42-33(35)44-28(16)54/h7-13,17-22,29-31,49-52H,4-6H2,1-3H3,(H10-,34,35,36,37,38,41,42,43,44,53,54,55,56,57,58,59,60,61,62)/p+1/t11-,12-,13-,17+,18?,19?,20+,21+,22?,29-,30-,31-/m1/s1. The summed E-state index contributed by atoms with van der Waals surface area (Å²) in [6.45, 7) is -3.38. The number of aliphatic hydroxyl groups is 4. The molecule has 6 aromatic rings. The number of aryl methyl sites for hydroxylation is 1. The Hall–Kier alpha value is -5.15. The van der Waals surface area contributed by atoms with Gasteiger partial charge in [0, 0.05) is 14.2 Å². The smallest absolute Gasteiger partial charge is 0.387 e. The molecule has 39 nitrogen and oxygen atoms in total. The van der Waals surface area contributed by atoms with Gasteiger partial charge in [-0.3, -0.25) is 51.4 Å². The first kappa shape index (κ1) is 55.6. The number of hydrogen-bond donors (Lipinski definition) is 13. The van der Waals surface area contributed by atoms with Gasteiger partial charge in [-0.15, -0.1) is 0 Å². The van der Waals surface area contributed by atoms with E-state index in [1.165, 1.54) is 35.9 Å². The normalized spacial score (nSPS) is 30.2. The van der Waals surface area contributed by atoms with Crippen molar-refractivity contribution in [2.24, 2.45) is 7.05 Å². The van der Waals surface area contributed by atoms with Crippen molar-refractivity contribution in [1.29, 1.82) is 0 Å². The number of hydrogen-bond acceptors (Lipinski definition) is 29. The third kappa shape index (κ3) is 11.0. The number of fused-ring (bicyclic) bond motifs is 3. The molecule has 0 radical (unpaired) electrons. The summed E-state index contributed by atoms with van der Waals surface area (Å²) in [5, 5.41) is 46.0. The quantitative estimate of drug-likeness (QED) is 0.0254. The van der Waals surface area contributed by atoms with E-state index in [9.17, 15) is 67.8 Å². The molecule has 9 rings (SSSR count). The van der Waals surface area contributed by atoms with E-state index in [0.29, 0.717) is 0 Å². The summed E-state index contributed by atoms with van der Waals surface area (Å²) < 4.78 is 109. The van der Waals surface area contributed by atoms with Crippen molar-refractivity contribution in [1.82, 2.24) is 53.6 Å². The van der Waals surface area contributed by atoms with E-state index in [1.807, 2.05) is 0 Å². The van der Waals surface area contributed by atoms with Crippen molar-refractivity contribution < 1.29 is 108 Å². The lowest BCUT2D eigenvalue weighted by molar-refractivity contribution is -0.745. The van der Waals surface area contributed by atoms with Crippen LogP contribution in [0.15, 0.2) is 34.9 Å². The van der Waals surface area contributed by atoms with Gasteiger partial charge in [-0.25, -0.2) is 42.8 Å². The lowest BCUT2D eigenvalue weighted by Crippen LogP contribution is -2.46. The fourth-order valence-electron chi connectivity index (χ4n) is 8.45. The Kier molecular flexibility index (Phi) is 15.3. The third-order valence-electron chi connectivity index (χ3n) is 11.8. The van der Waals surface area contributed by atoms with Crippen LogP contribution >= 0.6 is 31.3 Å². The number of H-pyrrole nitrogens is 2. The van der Waals surface area contributed by atoms with E-state index in [1.54, 1.807) is 0 Å². The molecule has 3 saturated heterocycles. The second kappa shape index (κ2) is 20.9. The number of anilines is 3. The molecule has 43 heteroatoms. The number of methoxy groups -OCH3 is 1. The lowest BCUT2D eigenvalue weighted by Gasteiger charge is -2.26. The van der Waals surface area contributed by atoms with Gasteiger partial charge < -0.3 is 75.7 Å². The van der Waals surface area contributed by atoms with E-state index in [4.69, 9.17) is 48.5 Å². The number of aromatic nitrogens is 12. The van der Waals surface area contributed by atoms with Gasteiger partial charge in [-0.2, -0.15) is 13.6 Å². The molecular weight excluding hydrogens is 1110 g/mol. The minimum absolute atomic E-state index is 0.0219. The number of nitrogens with zero attached hydrogens (tertiary/aromatic N) is 10. The van der Waals surface area contributed by atoms with E-state index >= 15 is 0 Å². The highest BCUT2D eigenvalue weighted by atomic mass is 31.3. The van der Waals surface area contributed by atoms with Gasteiger partial charge in [0.05, 0.1) is 39.5 Å². The van der Waals surface area contributed by atoms with Crippen molar-refractivity contribution in [3.63, 3.8) is 0 Å². The van der Waals surface area contributed by atoms with Crippen molar-refractivity contribution >= 4 is 82.5 Å². The molecule has 0 aliphatic carbocycles. The molecule has 416 valence electrons. The maximum Gasteiger partial charge on any atom is 0.490 e. The first-order valence-electron chi connectivity index (χ1n) is 21.6. The Labute approximate surface area is 421 Å². The largest absolute Gasteiger partial charge is 0.490 e. The number of nitrogens with two attached hydrogens (primary N) is 2. The molecule has 76 heavy (non-hydrogen) atoms. The Bertz CT molecular complexity index is 3490. The number of aromatic amines is 2. The SMILES string of the molecule is CNc1ncnc2c1ncn2[C@@H]1O[C@H](COP(=O)(O)OP(=O)(O)OP(=O)(O)OC[C@H]2O[C@@H]([n+]3cn(C)c4c(=O)[nH]c(N)nc43)[C@@H](O)C2O)[C@H](OP(=O)(O)OC[C@H]2O[C@@H](n3cnc4c(=O)[nH]c(N)nc43)C(O)[C@H]2O)C1OC. The lowest BCUT2D eigenvalue weighted by atomic mass is 10.1. The monoisotopic (exact) mass is 1160 g/mol. The van der Waals surface area contributed by atoms with Gasteiger partial charge in [0.2, 0.25) is 17.7 Å². The van der Waals surface area contributed by atoms with Crippen LogP contribution in [-0.4, -0.2) is 182 Å². The maximum absolute atomic E-state index is 13.7. The van der Waals surface area contributed by atoms with Crippen LogP contribution in [0, 0.1) is 0 Å². The summed E-state index contributed by atoms with van der Waals surface area (Å²) in [5.41, 5.74) is 9.73. The zero-order chi connectivity index (χ0) is 55.0. The molecular formula is C33H46N15O24P4+. The van der Waals surface area contributed by atoms with Crippen LogP contribution in [0.3, 0.4) is 0 Å². The Morgan fingerprint density at radius 3 is 1.92 bits per heavy atom. The molecule has 3 aliphatic rings. The van der Waals surface area contributed by atoms with Crippen LogP contribution in [0.2, 0.25) is 0 Å². The molecule has 0 amide bonds. The number of imidazole rings is 3. The summed E-state index contributed by atoms with van der Waals surface area (Å²) in [4.78, 5) is 96.2. The Morgan fingerprint density at radius 2 is 1.26 bits per heavy atom. The van der Waals surface area contributed by atoms with E-state index in [-0.39, 0.29) is 51.2 Å². The minimum Gasteiger partial charge on any atom is -0.387 e. The third-order valence-corrected chi connectivity index (χ3v) is 17.0. The van der Waals surface area contributed by atoms with Gasteiger partial charge in [-0.05, 0) is 0 Å². The molecule has 15 N–H and O–H groups in total. The predicted molar refractivity (Wildman–Crippen MR) is 244 cm³/mol. The average molecular weight is 1160 g/mol. The van der Waals surface area contributed by atoms with E-state index < -0.39 is 136 Å². The minimum atomic E-state index is -6.20. The summed E-state index contributed by atoms with van der Waals surface area (Å²) in [5.74, 6) is -0.373. The number of nitrogens with one attached hydrogen (secondary N) is 3. The molecule has 7 unspecified atom stereocenters. The molecule has 6 aromatic heterocycles. The number of ether oxygens (including phenoxy) is 4. The predicted octanol–water partition coefficient (Wildman–Crippen LogP) is -4.25. The van der Waals surface area contributed by atoms with E-state index in [2.05, 4.69) is 53.8 Å². The number of phosphoric ester groups is 3. The fraction of sp³-hybridized carbons (Fsp3) is 0.545. The molecule has 9 heterocycles. The van der Waals surface area contributed by atoms with Crippen molar-refractivity contribution in [2.75, 3.05) is 50.8 Å². The summed E-state index contributed by atoms with van der Waals surface area (Å²) >= 11 is 0. The molecule has 3 fully saturated rings. The number of rotatable bonds is 20. The summed E-state index contributed by atoms with van der Waals surface area (Å²) in [7, 11) is -19.4. The topological polar surface area (TPSA) is 548 Å². The van der Waals surface area contributed by atoms with Crippen LogP contribution in [-0.2, 0) is 71.0 Å². The second-order valence-corrected chi connectivity index (χ2v) is 22.7. The first-order chi connectivity index (χ1) is 35.7. The molecule has 16 atom stereocenters. The molecule has 0 bridgehead atoms. The first-order valence-corrected chi connectivity index (χ1v) is 27.6. The van der Waals surface area contributed by atoms with Crippen molar-refractivity contribution in [3.8, 4) is 0 Å². The Balaban J connectivity index is 0.868. The van der Waals surface area contributed by atoms with Crippen LogP contribution < -0.4 is 32.5 Å². The van der Waals surface area contributed by atoms with Crippen molar-refractivity contribution in [3.05, 3.63) is 46.0 Å². The van der Waals surface area contributed by atoms with Crippen LogP contribution in [0.4, 0.5) is 17.7 Å². The summed E-state index contributed by atoms with van der Waals surface area (Å²) in [6, 6.07) is 0. The second-order valence-electron chi connectivity index (χ2n) is 16.7. The number of phosphoric acid groups is 4. The van der Waals surface area contributed by atoms with Crippen LogP contribution in [0.25, 0.3) is 33.5 Å². The Morgan fingerprint density at radius 1 is 0.697 bits per heavy atom. The zero-order valence-corrected chi connectivity index (χ0v) is 42.5.